The fourth-order valence-electron chi connectivity index (χ4n) is 1.75. The van der Waals surface area contributed by atoms with E-state index in [4.69, 9.17) is 14.6 Å². The summed E-state index contributed by atoms with van der Waals surface area (Å²) in [7, 11) is -3.92. The molecule has 1 heterocycles. The molecule has 0 radical (unpaired) electrons. The Hall–Kier alpha value is -1.80. The molecule has 0 saturated carbocycles. The number of carboxylic acid groups (broad SMARTS) is 1. The van der Waals surface area contributed by atoms with E-state index >= 15 is 0 Å². The topological polar surface area (TPSA) is 102 Å². The standard InChI is InChI=1S/C12H15NO6S/c1-2-9(12(14)15)13-20(16,17)8-3-4-10-11(7-8)19-6-5-18-10/h3-4,7,9,13H,2,5-6H2,1H3,(H,14,15)/t9-/m1/s1. The van der Waals surface area contributed by atoms with Crippen LogP contribution in [0.3, 0.4) is 0 Å². The highest BCUT2D eigenvalue weighted by molar-refractivity contribution is 7.89. The molecule has 20 heavy (non-hydrogen) atoms. The highest BCUT2D eigenvalue weighted by Crippen LogP contribution is 2.32. The molecule has 110 valence electrons. The van der Waals surface area contributed by atoms with Crippen molar-refractivity contribution in [3.63, 3.8) is 0 Å². The van der Waals surface area contributed by atoms with E-state index in [1.165, 1.54) is 18.2 Å². The van der Waals surface area contributed by atoms with Crippen LogP contribution in [0.5, 0.6) is 11.5 Å². The van der Waals surface area contributed by atoms with Gasteiger partial charge in [-0.1, -0.05) is 6.92 Å². The fourth-order valence-corrected chi connectivity index (χ4v) is 3.04. The van der Waals surface area contributed by atoms with E-state index in [2.05, 4.69) is 4.72 Å². The van der Waals surface area contributed by atoms with Gasteiger partial charge in [0.1, 0.15) is 19.3 Å². The van der Waals surface area contributed by atoms with Crippen LogP contribution in [0.15, 0.2) is 23.1 Å². The Balaban J connectivity index is 2.27. The average Bonchev–Trinajstić information content (AvgIpc) is 2.44. The molecule has 0 unspecified atom stereocenters. The van der Waals surface area contributed by atoms with Crippen molar-refractivity contribution in [1.29, 1.82) is 0 Å². The van der Waals surface area contributed by atoms with Gasteiger partial charge in [-0.15, -0.1) is 0 Å². The number of carboxylic acids is 1. The van der Waals surface area contributed by atoms with Crippen molar-refractivity contribution in [3.05, 3.63) is 18.2 Å². The van der Waals surface area contributed by atoms with Crippen LogP contribution < -0.4 is 14.2 Å². The second-order valence-electron chi connectivity index (χ2n) is 4.23. The third kappa shape index (κ3) is 3.02. The zero-order valence-corrected chi connectivity index (χ0v) is 11.6. The van der Waals surface area contributed by atoms with E-state index in [0.29, 0.717) is 24.7 Å². The lowest BCUT2D eigenvalue weighted by atomic mass is 10.2. The molecule has 2 rings (SSSR count). The molecule has 0 amide bonds. The maximum absolute atomic E-state index is 12.1. The zero-order chi connectivity index (χ0) is 14.8. The van der Waals surface area contributed by atoms with Gasteiger partial charge in [0.25, 0.3) is 0 Å². The van der Waals surface area contributed by atoms with Crippen LogP contribution in [0.4, 0.5) is 0 Å². The summed E-state index contributed by atoms with van der Waals surface area (Å²) in [5.74, 6) is -0.406. The van der Waals surface area contributed by atoms with Crippen LogP contribution in [-0.4, -0.2) is 38.7 Å². The highest BCUT2D eigenvalue weighted by Gasteiger charge is 2.25. The first-order valence-corrected chi connectivity index (χ1v) is 7.57. The lowest BCUT2D eigenvalue weighted by molar-refractivity contribution is -0.139. The van der Waals surface area contributed by atoms with Gasteiger partial charge in [0.2, 0.25) is 10.0 Å². The first kappa shape index (κ1) is 14.6. The summed E-state index contributed by atoms with van der Waals surface area (Å²) in [4.78, 5) is 10.8. The van der Waals surface area contributed by atoms with Gasteiger partial charge < -0.3 is 14.6 Å². The Kier molecular flexibility index (Phi) is 4.15. The summed E-state index contributed by atoms with van der Waals surface area (Å²) in [6, 6.07) is 3.01. The molecule has 1 aromatic carbocycles. The van der Waals surface area contributed by atoms with Crippen LogP contribution in [-0.2, 0) is 14.8 Å². The molecule has 0 saturated heterocycles. The maximum Gasteiger partial charge on any atom is 0.321 e. The van der Waals surface area contributed by atoms with Gasteiger partial charge in [0, 0.05) is 6.07 Å². The predicted octanol–water partition coefficient (Wildman–Crippen LogP) is 0.599. The number of aliphatic carboxylic acids is 1. The number of nitrogens with one attached hydrogen (secondary N) is 1. The number of carbonyl (C=O) groups is 1. The SMILES string of the molecule is CC[C@@H](NS(=O)(=O)c1ccc2c(c1)OCCO2)C(=O)O. The van der Waals surface area contributed by atoms with Crippen LogP contribution in [0.1, 0.15) is 13.3 Å². The summed E-state index contributed by atoms with van der Waals surface area (Å²) >= 11 is 0. The van der Waals surface area contributed by atoms with E-state index < -0.39 is 22.0 Å². The van der Waals surface area contributed by atoms with Crippen LogP contribution in [0.25, 0.3) is 0 Å². The van der Waals surface area contributed by atoms with Crippen molar-refractivity contribution in [2.75, 3.05) is 13.2 Å². The molecule has 0 spiro atoms. The van der Waals surface area contributed by atoms with Crippen LogP contribution in [0, 0.1) is 0 Å². The molecule has 2 N–H and O–H groups in total. The normalized spacial score (nSPS) is 15.7. The number of ether oxygens (including phenoxy) is 2. The largest absolute Gasteiger partial charge is 0.486 e. The first-order valence-electron chi connectivity index (χ1n) is 6.09. The molecule has 0 fully saturated rings. The number of sulfonamides is 1. The molecular formula is C12H15NO6S. The van der Waals surface area contributed by atoms with Gasteiger partial charge >= 0.3 is 5.97 Å². The van der Waals surface area contributed by atoms with Crippen LogP contribution in [0.2, 0.25) is 0 Å². The number of hydrogen-bond donors (Lipinski definition) is 2. The molecule has 8 heteroatoms. The summed E-state index contributed by atoms with van der Waals surface area (Å²) < 4.78 is 37.0. The molecule has 1 atom stereocenters. The number of benzene rings is 1. The third-order valence-electron chi connectivity index (χ3n) is 2.83. The Morgan fingerprint density at radius 1 is 1.35 bits per heavy atom. The van der Waals surface area contributed by atoms with Gasteiger partial charge in [-0.2, -0.15) is 4.72 Å². The van der Waals surface area contributed by atoms with E-state index in [1.54, 1.807) is 6.92 Å². The minimum atomic E-state index is -3.92. The molecular weight excluding hydrogens is 286 g/mol. The lowest BCUT2D eigenvalue weighted by Gasteiger charge is -2.19. The van der Waals surface area contributed by atoms with Crippen molar-refractivity contribution < 1.29 is 27.8 Å². The van der Waals surface area contributed by atoms with E-state index in [-0.39, 0.29) is 11.3 Å². The van der Waals surface area contributed by atoms with Crippen molar-refractivity contribution in [2.45, 2.75) is 24.3 Å². The molecule has 1 aromatic rings. The van der Waals surface area contributed by atoms with Crippen molar-refractivity contribution in [3.8, 4) is 11.5 Å². The zero-order valence-electron chi connectivity index (χ0n) is 10.8. The van der Waals surface area contributed by atoms with E-state index in [0.717, 1.165) is 0 Å². The van der Waals surface area contributed by atoms with Gasteiger partial charge in [-0.25, -0.2) is 8.42 Å². The molecule has 1 aliphatic heterocycles. The third-order valence-corrected chi connectivity index (χ3v) is 4.30. The summed E-state index contributed by atoms with van der Waals surface area (Å²) in [6.07, 6.45) is 0.152. The van der Waals surface area contributed by atoms with Gasteiger partial charge in [0.15, 0.2) is 11.5 Å². The quantitative estimate of drug-likeness (QED) is 0.825. The molecule has 0 aliphatic carbocycles. The smallest absolute Gasteiger partial charge is 0.321 e. The van der Waals surface area contributed by atoms with Gasteiger partial charge in [-0.05, 0) is 18.6 Å². The van der Waals surface area contributed by atoms with Crippen LogP contribution >= 0.6 is 0 Å². The second kappa shape index (κ2) is 5.68. The van der Waals surface area contributed by atoms with Gasteiger partial charge in [-0.3, -0.25) is 4.79 Å². The van der Waals surface area contributed by atoms with Gasteiger partial charge in [0.05, 0.1) is 4.90 Å². The Labute approximate surface area is 116 Å². The monoisotopic (exact) mass is 301 g/mol. The minimum Gasteiger partial charge on any atom is -0.486 e. The molecule has 1 aliphatic rings. The molecule has 7 nitrogen and oxygen atoms in total. The maximum atomic E-state index is 12.1. The Morgan fingerprint density at radius 3 is 2.60 bits per heavy atom. The predicted molar refractivity (Wildman–Crippen MR) is 69.5 cm³/mol. The Morgan fingerprint density at radius 2 is 2.00 bits per heavy atom. The number of rotatable bonds is 5. The Bertz CT molecular complexity index is 612. The van der Waals surface area contributed by atoms with Crippen molar-refractivity contribution >= 4 is 16.0 Å². The molecule has 0 bridgehead atoms. The van der Waals surface area contributed by atoms with Crippen molar-refractivity contribution in [2.24, 2.45) is 0 Å². The van der Waals surface area contributed by atoms with Crippen molar-refractivity contribution in [1.82, 2.24) is 4.72 Å². The minimum absolute atomic E-state index is 0.0542. The highest BCUT2D eigenvalue weighted by atomic mass is 32.2. The summed E-state index contributed by atoms with van der Waals surface area (Å²) in [5.41, 5.74) is 0. The number of fused-ring (bicyclic) bond motifs is 1. The van der Waals surface area contributed by atoms with E-state index in [1.807, 2.05) is 0 Å². The molecule has 0 aromatic heterocycles. The summed E-state index contributed by atoms with van der Waals surface area (Å²) in [5, 5.41) is 8.90. The lowest BCUT2D eigenvalue weighted by Crippen LogP contribution is -2.40. The average molecular weight is 301 g/mol. The van der Waals surface area contributed by atoms with E-state index in [9.17, 15) is 13.2 Å². The summed E-state index contributed by atoms with van der Waals surface area (Å²) in [6.45, 7) is 2.34. The fraction of sp³-hybridized carbons (Fsp3) is 0.417. The number of hydrogen-bond acceptors (Lipinski definition) is 5. The first-order chi connectivity index (χ1) is 9.44. The second-order valence-corrected chi connectivity index (χ2v) is 5.94.